The van der Waals surface area contributed by atoms with Crippen molar-refractivity contribution in [2.24, 2.45) is 5.73 Å². The molecule has 0 atom stereocenters. The number of hydrogen-bond acceptors (Lipinski definition) is 3. The number of benzene rings is 1. The molecule has 96 valence electrons. The van der Waals surface area contributed by atoms with Gasteiger partial charge in [-0.3, -0.25) is 0 Å². The molecule has 0 bridgehead atoms. The fourth-order valence-corrected chi connectivity index (χ4v) is 1.89. The molecule has 1 aromatic rings. The lowest BCUT2D eigenvalue weighted by molar-refractivity contribution is 0.398. The van der Waals surface area contributed by atoms with Crippen molar-refractivity contribution in [3.05, 3.63) is 24.3 Å². The maximum absolute atomic E-state index is 6.33. The van der Waals surface area contributed by atoms with Crippen LogP contribution in [0.25, 0.3) is 0 Å². The highest BCUT2D eigenvalue weighted by Crippen LogP contribution is 2.22. The van der Waals surface area contributed by atoms with Crippen LogP contribution in [0.3, 0.4) is 0 Å². The minimum absolute atomic E-state index is 0.113. The molecule has 1 aromatic carbocycles. The first-order valence-electron chi connectivity index (χ1n) is 6.18. The zero-order chi connectivity index (χ0) is 12.9. The summed E-state index contributed by atoms with van der Waals surface area (Å²) in [6.45, 7) is 5.14. The van der Waals surface area contributed by atoms with Crippen molar-refractivity contribution in [2.45, 2.75) is 32.2 Å². The molecule has 0 aliphatic carbocycles. The molecule has 0 radical (unpaired) electrons. The molecule has 0 unspecified atom stereocenters. The number of nitrogens with zero attached hydrogens (tertiary/aromatic N) is 1. The van der Waals surface area contributed by atoms with Gasteiger partial charge in [-0.15, -0.1) is 0 Å². The SMILES string of the molecule is CCC(N)(CC)CN(C)c1cccc(OC)c1. The monoisotopic (exact) mass is 236 g/mol. The molecule has 0 heterocycles. The van der Waals surface area contributed by atoms with Crippen molar-refractivity contribution < 1.29 is 4.74 Å². The van der Waals surface area contributed by atoms with Crippen LogP contribution in [0, 0.1) is 0 Å². The molecule has 0 amide bonds. The van der Waals surface area contributed by atoms with Crippen LogP contribution in [0.4, 0.5) is 5.69 Å². The standard InChI is InChI=1S/C14H24N2O/c1-5-14(15,6-2)11-16(3)12-8-7-9-13(10-12)17-4/h7-10H,5-6,11,15H2,1-4H3. The van der Waals surface area contributed by atoms with Crippen LogP contribution in [-0.2, 0) is 0 Å². The van der Waals surface area contributed by atoms with Crippen molar-refractivity contribution in [1.29, 1.82) is 0 Å². The summed E-state index contributed by atoms with van der Waals surface area (Å²) in [5, 5.41) is 0. The molecule has 0 aromatic heterocycles. The Balaban J connectivity index is 2.78. The summed E-state index contributed by atoms with van der Waals surface area (Å²) in [6.07, 6.45) is 1.97. The average Bonchev–Trinajstić information content (AvgIpc) is 2.38. The highest BCUT2D eigenvalue weighted by Gasteiger charge is 2.22. The minimum atomic E-state index is -0.113. The van der Waals surface area contributed by atoms with Gasteiger partial charge in [-0.1, -0.05) is 19.9 Å². The van der Waals surface area contributed by atoms with Gasteiger partial charge in [0.2, 0.25) is 0 Å². The van der Waals surface area contributed by atoms with Crippen molar-refractivity contribution in [2.75, 3.05) is 25.6 Å². The third-order valence-electron chi connectivity index (χ3n) is 3.45. The van der Waals surface area contributed by atoms with Crippen molar-refractivity contribution >= 4 is 5.69 Å². The van der Waals surface area contributed by atoms with E-state index in [1.807, 2.05) is 18.2 Å². The Morgan fingerprint density at radius 3 is 2.47 bits per heavy atom. The van der Waals surface area contributed by atoms with E-state index in [0.717, 1.165) is 30.8 Å². The van der Waals surface area contributed by atoms with Gasteiger partial charge in [0.1, 0.15) is 5.75 Å². The average molecular weight is 236 g/mol. The number of likely N-dealkylation sites (N-methyl/N-ethyl adjacent to an activating group) is 1. The summed E-state index contributed by atoms with van der Waals surface area (Å²) in [4.78, 5) is 2.19. The second-order valence-electron chi connectivity index (χ2n) is 4.63. The van der Waals surface area contributed by atoms with Gasteiger partial charge < -0.3 is 15.4 Å². The van der Waals surface area contributed by atoms with Gasteiger partial charge in [0.05, 0.1) is 7.11 Å². The molecular weight excluding hydrogens is 212 g/mol. The Bertz CT molecular complexity index is 348. The molecule has 0 fully saturated rings. The van der Waals surface area contributed by atoms with Crippen molar-refractivity contribution in [3.8, 4) is 5.75 Å². The van der Waals surface area contributed by atoms with Gasteiger partial charge in [0.25, 0.3) is 0 Å². The van der Waals surface area contributed by atoms with Crippen LogP contribution in [0.5, 0.6) is 5.75 Å². The molecule has 17 heavy (non-hydrogen) atoms. The van der Waals surface area contributed by atoms with E-state index in [1.54, 1.807) is 7.11 Å². The van der Waals surface area contributed by atoms with E-state index in [-0.39, 0.29) is 5.54 Å². The van der Waals surface area contributed by atoms with E-state index in [4.69, 9.17) is 10.5 Å². The Kier molecular flexibility index (Phi) is 4.82. The van der Waals surface area contributed by atoms with Gasteiger partial charge in [-0.2, -0.15) is 0 Å². The maximum atomic E-state index is 6.33. The zero-order valence-electron chi connectivity index (χ0n) is 11.4. The Morgan fingerprint density at radius 2 is 1.94 bits per heavy atom. The summed E-state index contributed by atoms with van der Waals surface area (Å²) >= 11 is 0. The van der Waals surface area contributed by atoms with Gasteiger partial charge >= 0.3 is 0 Å². The summed E-state index contributed by atoms with van der Waals surface area (Å²) in [5.74, 6) is 0.880. The quantitative estimate of drug-likeness (QED) is 0.825. The van der Waals surface area contributed by atoms with E-state index in [2.05, 4.69) is 31.9 Å². The first-order valence-corrected chi connectivity index (χ1v) is 6.18. The molecular formula is C14H24N2O. The Labute approximate surface area is 105 Å². The van der Waals surface area contributed by atoms with E-state index in [0.29, 0.717) is 0 Å². The Morgan fingerprint density at radius 1 is 1.29 bits per heavy atom. The number of rotatable bonds is 6. The largest absolute Gasteiger partial charge is 0.497 e. The van der Waals surface area contributed by atoms with Gasteiger partial charge in [0.15, 0.2) is 0 Å². The fraction of sp³-hybridized carbons (Fsp3) is 0.571. The van der Waals surface area contributed by atoms with Crippen LogP contribution in [0.2, 0.25) is 0 Å². The van der Waals surface area contributed by atoms with E-state index in [9.17, 15) is 0 Å². The lowest BCUT2D eigenvalue weighted by atomic mass is 9.93. The number of nitrogens with two attached hydrogens (primary N) is 1. The molecule has 0 aliphatic heterocycles. The molecule has 3 heteroatoms. The highest BCUT2D eigenvalue weighted by molar-refractivity contribution is 5.50. The maximum Gasteiger partial charge on any atom is 0.120 e. The topological polar surface area (TPSA) is 38.5 Å². The van der Waals surface area contributed by atoms with Crippen LogP contribution < -0.4 is 15.4 Å². The number of anilines is 1. The summed E-state index contributed by atoms with van der Waals surface area (Å²) < 4.78 is 5.23. The lowest BCUT2D eigenvalue weighted by Crippen LogP contribution is -2.48. The van der Waals surface area contributed by atoms with Gasteiger partial charge in [-0.25, -0.2) is 0 Å². The van der Waals surface area contributed by atoms with Crippen molar-refractivity contribution in [1.82, 2.24) is 0 Å². The molecule has 1 rings (SSSR count). The predicted octanol–water partition coefficient (Wildman–Crippen LogP) is 2.65. The lowest BCUT2D eigenvalue weighted by Gasteiger charge is -2.33. The normalized spacial score (nSPS) is 11.4. The van der Waals surface area contributed by atoms with E-state index < -0.39 is 0 Å². The predicted molar refractivity (Wildman–Crippen MR) is 73.8 cm³/mol. The van der Waals surface area contributed by atoms with Crippen LogP contribution in [-0.4, -0.2) is 26.2 Å². The smallest absolute Gasteiger partial charge is 0.120 e. The van der Waals surface area contributed by atoms with Crippen LogP contribution >= 0.6 is 0 Å². The number of methoxy groups -OCH3 is 1. The Hall–Kier alpha value is -1.22. The van der Waals surface area contributed by atoms with Gasteiger partial charge in [0, 0.05) is 30.9 Å². The van der Waals surface area contributed by atoms with E-state index >= 15 is 0 Å². The third-order valence-corrected chi connectivity index (χ3v) is 3.45. The fourth-order valence-electron chi connectivity index (χ4n) is 1.89. The van der Waals surface area contributed by atoms with Crippen LogP contribution in [0.15, 0.2) is 24.3 Å². The molecule has 0 aliphatic rings. The van der Waals surface area contributed by atoms with Crippen LogP contribution in [0.1, 0.15) is 26.7 Å². The summed E-state index contributed by atoms with van der Waals surface area (Å²) in [7, 11) is 3.76. The van der Waals surface area contributed by atoms with E-state index in [1.165, 1.54) is 0 Å². The molecule has 0 saturated heterocycles. The first-order chi connectivity index (χ1) is 8.04. The zero-order valence-corrected chi connectivity index (χ0v) is 11.4. The second-order valence-corrected chi connectivity index (χ2v) is 4.63. The molecule has 0 saturated carbocycles. The van der Waals surface area contributed by atoms with Crippen molar-refractivity contribution in [3.63, 3.8) is 0 Å². The van der Waals surface area contributed by atoms with Gasteiger partial charge in [-0.05, 0) is 25.0 Å². The summed E-state index contributed by atoms with van der Waals surface area (Å²) in [5.41, 5.74) is 7.36. The first kappa shape index (κ1) is 13.8. The molecule has 0 spiro atoms. The second kappa shape index (κ2) is 5.92. The third kappa shape index (κ3) is 3.63. The number of hydrogen-bond donors (Lipinski definition) is 1. The summed E-state index contributed by atoms with van der Waals surface area (Å²) in [6, 6.07) is 8.06. The minimum Gasteiger partial charge on any atom is -0.497 e. The molecule has 2 N–H and O–H groups in total. The number of ether oxygens (including phenoxy) is 1. The molecule has 3 nitrogen and oxygen atoms in total. The highest BCUT2D eigenvalue weighted by atomic mass is 16.5.